The Bertz CT molecular complexity index is 295. The molecule has 0 aliphatic carbocycles. The molecule has 0 unspecified atom stereocenters. The van der Waals surface area contributed by atoms with Crippen LogP contribution < -0.4 is 5.32 Å². The molecule has 1 aliphatic heterocycles. The van der Waals surface area contributed by atoms with Crippen molar-refractivity contribution in [1.29, 1.82) is 0 Å². The summed E-state index contributed by atoms with van der Waals surface area (Å²) >= 11 is 0. The third-order valence-electron chi connectivity index (χ3n) is 2.10. The molecule has 13 heavy (non-hydrogen) atoms. The van der Waals surface area contributed by atoms with E-state index in [4.69, 9.17) is 0 Å². The van der Waals surface area contributed by atoms with Gasteiger partial charge in [0.15, 0.2) is 9.84 Å². The Hall–Kier alpha value is -0.580. The van der Waals surface area contributed by atoms with Crippen LogP contribution in [0.3, 0.4) is 0 Å². The number of hydrogen-bond acceptors (Lipinski definition) is 3. The zero-order chi connectivity index (χ0) is 10.1. The highest BCUT2D eigenvalue weighted by atomic mass is 32.2. The standard InChI is InChI=1S/C8H15NO3S/c1-6(2)8(10)9-7-3-4-13(11,12)5-7/h6-7H,3-5H2,1-2H3,(H,9,10)/t7-/m1/s1. The molecule has 1 fully saturated rings. The van der Waals surface area contributed by atoms with Gasteiger partial charge in [0, 0.05) is 12.0 Å². The maximum atomic E-state index is 11.2. The summed E-state index contributed by atoms with van der Waals surface area (Å²) in [4.78, 5) is 11.2. The van der Waals surface area contributed by atoms with Crippen LogP contribution in [0.1, 0.15) is 20.3 Å². The number of amides is 1. The van der Waals surface area contributed by atoms with Gasteiger partial charge in [-0.3, -0.25) is 4.79 Å². The minimum atomic E-state index is -2.88. The van der Waals surface area contributed by atoms with Crippen LogP contribution in [-0.4, -0.2) is 31.9 Å². The lowest BCUT2D eigenvalue weighted by Gasteiger charge is -2.12. The highest BCUT2D eigenvalue weighted by Crippen LogP contribution is 2.11. The normalized spacial score (nSPS) is 26.2. The van der Waals surface area contributed by atoms with E-state index in [2.05, 4.69) is 5.32 Å². The summed E-state index contributed by atoms with van der Waals surface area (Å²) in [5.41, 5.74) is 0. The first-order valence-corrected chi connectivity index (χ1v) is 6.23. The molecule has 5 heteroatoms. The molecule has 1 saturated heterocycles. The molecule has 1 rings (SSSR count). The molecule has 0 spiro atoms. The van der Waals surface area contributed by atoms with Gasteiger partial charge in [-0.25, -0.2) is 8.42 Å². The monoisotopic (exact) mass is 205 g/mol. The second-order valence-electron chi connectivity index (χ2n) is 3.76. The van der Waals surface area contributed by atoms with Crippen LogP contribution in [0.15, 0.2) is 0 Å². The molecule has 1 atom stereocenters. The molecule has 0 radical (unpaired) electrons. The van der Waals surface area contributed by atoms with Crippen LogP contribution in [0.4, 0.5) is 0 Å². The van der Waals surface area contributed by atoms with Crippen molar-refractivity contribution in [1.82, 2.24) is 5.32 Å². The van der Waals surface area contributed by atoms with E-state index in [0.717, 1.165) is 0 Å². The number of nitrogens with one attached hydrogen (secondary N) is 1. The van der Waals surface area contributed by atoms with Crippen molar-refractivity contribution < 1.29 is 13.2 Å². The van der Waals surface area contributed by atoms with E-state index in [1.807, 2.05) is 0 Å². The summed E-state index contributed by atoms with van der Waals surface area (Å²) < 4.78 is 22.1. The predicted octanol–water partition coefficient (Wildman–Crippen LogP) is -0.0543. The Morgan fingerprint density at radius 3 is 2.46 bits per heavy atom. The Morgan fingerprint density at radius 1 is 1.46 bits per heavy atom. The first-order chi connectivity index (χ1) is 5.91. The molecular formula is C8H15NO3S. The molecule has 1 heterocycles. The summed E-state index contributed by atoms with van der Waals surface area (Å²) in [5.74, 6) is 0.159. The lowest BCUT2D eigenvalue weighted by atomic mass is 10.2. The van der Waals surface area contributed by atoms with Crippen LogP contribution in [-0.2, 0) is 14.6 Å². The van der Waals surface area contributed by atoms with Crippen LogP contribution in [0.25, 0.3) is 0 Å². The summed E-state index contributed by atoms with van der Waals surface area (Å²) in [6.45, 7) is 3.58. The van der Waals surface area contributed by atoms with Gasteiger partial charge in [-0.15, -0.1) is 0 Å². The third kappa shape index (κ3) is 2.99. The van der Waals surface area contributed by atoms with Gasteiger partial charge >= 0.3 is 0 Å². The van der Waals surface area contributed by atoms with E-state index in [-0.39, 0.29) is 29.4 Å². The van der Waals surface area contributed by atoms with Crippen molar-refractivity contribution in [3.63, 3.8) is 0 Å². The minimum absolute atomic E-state index is 0.0675. The fraction of sp³-hybridized carbons (Fsp3) is 0.875. The molecule has 0 saturated carbocycles. The smallest absolute Gasteiger partial charge is 0.222 e. The Kier molecular flexibility index (Phi) is 2.95. The molecule has 76 valence electrons. The van der Waals surface area contributed by atoms with Gasteiger partial charge in [0.2, 0.25) is 5.91 Å². The topological polar surface area (TPSA) is 63.2 Å². The second kappa shape index (κ2) is 3.65. The van der Waals surface area contributed by atoms with E-state index >= 15 is 0 Å². The van der Waals surface area contributed by atoms with E-state index < -0.39 is 9.84 Å². The average molecular weight is 205 g/mol. The van der Waals surface area contributed by atoms with Crippen LogP contribution in [0.5, 0.6) is 0 Å². The van der Waals surface area contributed by atoms with Crippen molar-refractivity contribution in [2.75, 3.05) is 11.5 Å². The van der Waals surface area contributed by atoms with Crippen LogP contribution in [0.2, 0.25) is 0 Å². The highest BCUT2D eigenvalue weighted by Gasteiger charge is 2.29. The van der Waals surface area contributed by atoms with E-state index in [1.165, 1.54) is 0 Å². The van der Waals surface area contributed by atoms with Gasteiger partial charge < -0.3 is 5.32 Å². The molecule has 0 aromatic rings. The van der Waals surface area contributed by atoms with Gasteiger partial charge in [-0.2, -0.15) is 0 Å². The van der Waals surface area contributed by atoms with Gasteiger partial charge in [0.1, 0.15) is 0 Å². The molecule has 4 nitrogen and oxygen atoms in total. The van der Waals surface area contributed by atoms with Crippen LogP contribution >= 0.6 is 0 Å². The van der Waals surface area contributed by atoms with E-state index in [0.29, 0.717) is 6.42 Å². The number of carbonyl (C=O) groups excluding carboxylic acids is 1. The maximum absolute atomic E-state index is 11.2. The number of carbonyl (C=O) groups is 1. The van der Waals surface area contributed by atoms with Crippen molar-refractivity contribution in [2.45, 2.75) is 26.3 Å². The van der Waals surface area contributed by atoms with Crippen molar-refractivity contribution in [3.05, 3.63) is 0 Å². The quantitative estimate of drug-likeness (QED) is 0.687. The molecule has 0 bridgehead atoms. The average Bonchev–Trinajstić information content (AvgIpc) is 2.30. The Morgan fingerprint density at radius 2 is 2.08 bits per heavy atom. The van der Waals surface area contributed by atoms with E-state index in [9.17, 15) is 13.2 Å². The van der Waals surface area contributed by atoms with E-state index in [1.54, 1.807) is 13.8 Å². The van der Waals surface area contributed by atoms with Gasteiger partial charge in [0.05, 0.1) is 11.5 Å². The fourth-order valence-corrected chi connectivity index (χ4v) is 2.95. The summed E-state index contributed by atoms with van der Waals surface area (Å²) in [5, 5.41) is 2.72. The maximum Gasteiger partial charge on any atom is 0.222 e. The van der Waals surface area contributed by atoms with Gasteiger partial charge in [-0.05, 0) is 6.42 Å². The first-order valence-electron chi connectivity index (χ1n) is 4.41. The molecular weight excluding hydrogens is 190 g/mol. The Balaban J connectivity index is 2.46. The fourth-order valence-electron chi connectivity index (χ4n) is 1.28. The van der Waals surface area contributed by atoms with Crippen LogP contribution in [0, 0.1) is 5.92 Å². The second-order valence-corrected chi connectivity index (χ2v) is 5.99. The SMILES string of the molecule is CC(C)C(=O)N[C@@H]1CCS(=O)(=O)C1. The molecule has 1 aliphatic rings. The lowest BCUT2D eigenvalue weighted by molar-refractivity contribution is -0.124. The number of sulfone groups is 1. The minimum Gasteiger partial charge on any atom is -0.352 e. The van der Waals surface area contributed by atoms with Crippen molar-refractivity contribution in [3.8, 4) is 0 Å². The third-order valence-corrected chi connectivity index (χ3v) is 3.87. The zero-order valence-corrected chi connectivity index (χ0v) is 8.73. The Labute approximate surface area is 78.6 Å². The van der Waals surface area contributed by atoms with Crippen molar-refractivity contribution >= 4 is 15.7 Å². The highest BCUT2D eigenvalue weighted by molar-refractivity contribution is 7.91. The summed E-state index contributed by atoms with van der Waals surface area (Å²) in [6.07, 6.45) is 0.556. The molecule has 0 aromatic carbocycles. The zero-order valence-electron chi connectivity index (χ0n) is 7.91. The number of hydrogen-bond donors (Lipinski definition) is 1. The van der Waals surface area contributed by atoms with Gasteiger partial charge in [-0.1, -0.05) is 13.8 Å². The van der Waals surface area contributed by atoms with Crippen molar-refractivity contribution in [2.24, 2.45) is 5.92 Å². The first kappa shape index (κ1) is 10.5. The van der Waals surface area contributed by atoms with Gasteiger partial charge in [0.25, 0.3) is 0 Å². The number of rotatable bonds is 2. The largest absolute Gasteiger partial charge is 0.352 e. The predicted molar refractivity (Wildman–Crippen MR) is 50.0 cm³/mol. The molecule has 1 N–H and O–H groups in total. The lowest BCUT2D eigenvalue weighted by Crippen LogP contribution is -2.38. The summed E-state index contributed by atoms with van der Waals surface area (Å²) in [7, 11) is -2.88. The summed E-state index contributed by atoms with van der Waals surface area (Å²) in [6, 6.07) is -0.167. The molecule has 1 amide bonds. The molecule has 0 aromatic heterocycles.